The molecule has 2 amide bonds. The molecule has 0 aliphatic carbocycles. The molecular formula is C19H14BClF3NO4S. The van der Waals surface area contributed by atoms with E-state index in [9.17, 15) is 22.8 Å². The van der Waals surface area contributed by atoms with Gasteiger partial charge in [-0.15, -0.1) is 0 Å². The average molecular weight is 456 g/mol. The van der Waals surface area contributed by atoms with Crippen molar-refractivity contribution < 1.29 is 32.2 Å². The van der Waals surface area contributed by atoms with Crippen LogP contribution in [0, 0.1) is 0 Å². The number of ether oxygens (including phenoxy) is 2. The summed E-state index contributed by atoms with van der Waals surface area (Å²) in [5.74, 6) is 0.287. The summed E-state index contributed by atoms with van der Waals surface area (Å²) in [6.45, 7) is 0.347. The number of carbonyl (C=O) groups is 2. The van der Waals surface area contributed by atoms with Gasteiger partial charge in [-0.05, 0) is 36.2 Å². The van der Waals surface area contributed by atoms with Crippen LogP contribution in [0.15, 0.2) is 36.4 Å². The Bertz CT molecular complexity index is 1050. The number of alkyl halides is 3. The van der Waals surface area contributed by atoms with Gasteiger partial charge in [-0.25, -0.2) is 0 Å². The molecule has 2 aromatic rings. The number of thioether (sulfide) groups is 1. The molecule has 1 N–H and O–H groups in total. The molecule has 1 fully saturated rings. The van der Waals surface area contributed by atoms with Crippen LogP contribution in [0.4, 0.5) is 18.0 Å². The van der Waals surface area contributed by atoms with E-state index in [0.29, 0.717) is 24.5 Å². The molecule has 2 aromatic carbocycles. The fourth-order valence-electron chi connectivity index (χ4n) is 3.60. The number of carbonyl (C=O) groups excluding carboxylic acids is 2. The molecule has 1 saturated heterocycles. The number of halogens is 4. The van der Waals surface area contributed by atoms with Gasteiger partial charge in [0.15, 0.2) is 0 Å². The Kier molecular flexibility index (Phi) is 5.18. The highest BCUT2D eigenvalue weighted by Gasteiger charge is 2.51. The summed E-state index contributed by atoms with van der Waals surface area (Å²) in [7, 11) is 1.73. The van der Waals surface area contributed by atoms with Gasteiger partial charge in [-0.3, -0.25) is 14.9 Å². The van der Waals surface area contributed by atoms with Gasteiger partial charge in [-0.1, -0.05) is 29.4 Å². The van der Waals surface area contributed by atoms with Crippen LogP contribution < -0.4 is 14.8 Å². The zero-order valence-corrected chi connectivity index (χ0v) is 17.1. The van der Waals surface area contributed by atoms with Gasteiger partial charge in [0, 0.05) is 12.0 Å². The molecule has 4 rings (SSSR count). The second-order valence-electron chi connectivity index (χ2n) is 7.09. The van der Waals surface area contributed by atoms with E-state index >= 15 is 0 Å². The second-order valence-corrected chi connectivity index (χ2v) is 8.92. The third kappa shape index (κ3) is 3.74. The van der Waals surface area contributed by atoms with Crippen LogP contribution in [0.1, 0.15) is 23.5 Å². The van der Waals surface area contributed by atoms with Crippen molar-refractivity contribution in [3.05, 3.63) is 52.5 Å². The summed E-state index contributed by atoms with van der Waals surface area (Å²) < 4.78 is 48.8. The molecule has 0 radical (unpaired) electrons. The number of imide groups is 1. The van der Waals surface area contributed by atoms with Gasteiger partial charge in [0.1, 0.15) is 25.1 Å². The molecule has 5 nitrogen and oxygen atoms in total. The fourth-order valence-corrected chi connectivity index (χ4v) is 4.88. The first kappa shape index (κ1) is 20.9. The van der Waals surface area contributed by atoms with E-state index in [0.717, 1.165) is 35.5 Å². The number of fused-ring (bicyclic) bond motifs is 1. The molecule has 156 valence electrons. The lowest BCUT2D eigenvalue weighted by Gasteiger charge is -2.35. The molecule has 0 aromatic heterocycles. The van der Waals surface area contributed by atoms with Crippen LogP contribution in [0.2, 0.25) is 5.02 Å². The topological polar surface area (TPSA) is 64.6 Å². The van der Waals surface area contributed by atoms with Crippen molar-refractivity contribution in [1.29, 1.82) is 0 Å². The van der Waals surface area contributed by atoms with E-state index in [2.05, 4.69) is 5.32 Å². The SMILES string of the molecule is B[C@@]1(C2CCOc3cc(Oc4ccc(C(F)(F)F)cc4Cl)ccc32)SC(=O)NC1=O. The van der Waals surface area contributed by atoms with E-state index in [1.165, 1.54) is 0 Å². The first-order chi connectivity index (χ1) is 14.1. The summed E-state index contributed by atoms with van der Waals surface area (Å²) in [5.41, 5.74) is -0.112. The number of rotatable bonds is 3. The van der Waals surface area contributed by atoms with Crippen molar-refractivity contribution in [3.63, 3.8) is 0 Å². The quantitative estimate of drug-likeness (QED) is 0.698. The summed E-state index contributed by atoms with van der Waals surface area (Å²) in [6.07, 6.45) is -3.94. The molecule has 0 saturated carbocycles. The minimum absolute atomic E-state index is 0.0697. The van der Waals surface area contributed by atoms with Crippen LogP contribution in [0.25, 0.3) is 0 Å². The molecule has 11 heteroatoms. The maximum atomic E-state index is 12.8. The predicted molar refractivity (Wildman–Crippen MR) is 108 cm³/mol. The molecule has 1 unspecified atom stereocenters. The van der Waals surface area contributed by atoms with E-state index in [4.69, 9.17) is 21.1 Å². The zero-order valence-electron chi connectivity index (χ0n) is 15.5. The van der Waals surface area contributed by atoms with Gasteiger partial charge < -0.3 is 9.47 Å². The minimum Gasteiger partial charge on any atom is -0.493 e. The second kappa shape index (κ2) is 7.42. The molecule has 0 bridgehead atoms. The summed E-state index contributed by atoms with van der Waals surface area (Å²) in [6, 6.07) is 7.79. The Labute approximate surface area is 179 Å². The minimum atomic E-state index is -4.50. The van der Waals surface area contributed by atoms with Crippen LogP contribution in [0.5, 0.6) is 17.2 Å². The van der Waals surface area contributed by atoms with E-state index in [-0.39, 0.29) is 27.8 Å². The molecule has 2 aliphatic rings. The highest BCUT2D eigenvalue weighted by molar-refractivity contribution is 8.17. The van der Waals surface area contributed by atoms with Crippen molar-refractivity contribution >= 4 is 42.4 Å². The van der Waals surface area contributed by atoms with Crippen LogP contribution in [-0.2, 0) is 11.0 Å². The lowest BCUT2D eigenvalue weighted by molar-refractivity contribution is -0.137. The van der Waals surface area contributed by atoms with Crippen molar-refractivity contribution in [2.75, 3.05) is 6.61 Å². The summed E-state index contributed by atoms with van der Waals surface area (Å²) in [4.78, 5) is 24.0. The average Bonchev–Trinajstić information content (AvgIpc) is 2.94. The number of amides is 2. The van der Waals surface area contributed by atoms with Gasteiger partial charge in [-0.2, -0.15) is 13.2 Å². The third-order valence-corrected chi connectivity index (χ3v) is 6.62. The highest BCUT2D eigenvalue weighted by Crippen LogP contribution is 2.48. The van der Waals surface area contributed by atoms with Crippen molar-refractivity contribution in [2.45, 2.75) is 23.2 Å². The molecular weight excluding hydrogens is 442 g/mol. The first-order valence-electron chi connectivity index (χ1n) is 8.94. The Morgan fingerprint density at radius 2 is 2.00 bits per heavy atom. The van der Waals surface area contributed by atoms with Crippen molar-refractivity contribution in [2.24, 2.45) is 0 Å². The van der Waals surface area contributed by atoms with Gasteiger partial charge in [0.05, 0.1) is 21.8 Å². The predicted octanol–water partition coefficient (Wildman–Crippen LogP) is 4.33. The molecule has 30 heavy (non-hydrogen) atoms. The van der Waals surface area contributed by atoms with Crippen molar-refractivity contribution in [3.8, 4) is 17.2 Å². The largest absolute Gasteiger partial charge is 0.493 e. The fraction of sp³-hybridized carbons (Fsp3) is 0.263. The van der Waals surface area contributed by atoms with Crippen LogP contribution in [-0.4, -0.2) is 30.2 Å². The van der Waals surface area contributed by atoms with Crippen molar-refractivity contribution in [1.82, 2.24) is 5.32 Å². The first-order valence-corrected chi connectivity index (χ1v) is 10.1. The molecule has 2 aliphatic heterocycles. The summed E-state index contributed by atoms with van der Waals surface area (Å²) in [5, 5.41) is 1.77. The molecule has 2 heterocycles. The Morgan fingerprint density at radius 3 is 2.63 bits per heavy atom. The number of nitrogens with one attached hydrogen (secondary N) is 1. The number of hydrogen-bond donors (Lipinski definition) is 1. The Balaban J connectivity index is 1.61. The Hall–Kier alpha value is -2.33. The maximum absolute atomic E-state index is 12.8. The normalized spacial score (nSPS) is 23.5. The monoisotopic (exact) mass is 455 g/mol. The van der Waals surface area contributed by atoms with Gasteiger partial charge in [0.2, 0.25) is 5.91 Å². The molecule has 2 atom stereocenters. The van der Waals surface area contributed by atoms with Crippen LogP contribution >= 0.6 is 23.4 Å². The van der Waals surface area contributed by atoms with E-state index < -0.39 is 16.4 Å². The van der Waals surface area contributed by atoms with Gasteiger partial charge in [0.25, 0.3) is 5.24 Å². The number of hydrogen-bond acceptors (Lipinski definition) is 5. The zero-order chi connectivity index (χ0) is 21.7. The lowest BCUT2D eigenvalue weighted by Crippen LogP contribution is -2.44. The molecule has 0 spiro atoms. The van der Waals surface area contributed by atoms with E-state index in [1.54, 1.807) is 26.0 Å². The van der Waals surface area contributed by atoms with Crippen LogP contribution in [0.3, 0.4) is 0 Å². The number of benzene rings is 2. The van der Waals surface area contributed by atoms with Gasteiger partial charge >= 0.3 is 6.18 Å². The maximum Gasteiger partial charge on any atom is 0.416 e. The smallest absolute Gasteiger partial charge is 0.416 e. The third-order valence-electron chi connectivity index (χ3n) is 5.15. The Morgan fingerprint density at radius 1 is 1.23 bits per heavy atom. The van der Waals surface area contributed by atoms with E-state index in [1.807, 2.05) is 0 Å². The summed E-state index contributed by atoms with van der Waals surface area (Å²) >= 11 is 6.91. The lowest BCUT2D eigenvalue weighted by atomic mass is 9.69. The standard InChI is InChI=1S/C19H14BClF3NO4S/c20-18(16(26)25-17(27)30-18)12-5-6-28-15-8-10(2-3-11(12)15)29-14-4-1-9(7-13(14)21)19(22,23)24/h1-4,7-8,12H,5-6,20H2,(H,25,26,27)/t12?,18-/m0/s1. The highest BCUT2D eigenvalue weighted by atomic mass is 35.5.